The number of hydrogen-bond acceptors (Lipinski definition) is 5. The van der Waals surface area contributed by atoms with Crippen molar-refractivity contribution in [2.75, 3.05) is 6.61 Å². The number of aliphatic hydroxyl groups excluding tert-OH is 1. The van der Waals surface area contributed by atoms with Crippen LogP contribution in [0, 0.1) is 5.92 Å². The van der Waals surface area contributed by atoms with Crippen LogP contribution < -0.4 is 5.32 Å². The summed E-state index contributed by atoms with van der Waals surface area (Å²) < 4.78 is 4.67. The normalized spacial score (nSPS) is 13.8. The minimum atomic E-state index is -0.169. The number of nitrogens with one attached hydrogen (secondary N) is 1. The summed E-state index contributed by atoms with van der Waals surface area (Å²) >= 11 is 0. The first-order valence-electron chi connectivity index (χ1n) is 6.40. The number of carbonyl (C=O) groups excluding carboxylic acids is 1. The highest BCUT2D eigenvalue weighted by molar-refractivity contribution is 5.94. The smallest absolute Gasteiger partial charge is 0.251 e. The van der Waals surface area contributed by atoms with Gasteiger partial charge in [0, 0.05) is 23.8 Å². The molecule has 0 saturated carbocycles. The van der Waals surface area contributed by atoms with Crippen molar-refractivity contribution in [3.8, 4) is 11.4 Å². The molecule has 0 fully saturated rings. The number of hydrogen-bond donors (Lipinski definition) is 2. The summed E-state index contributed by atoms with van der Waals surface area (Å²) in [5.74, 6) is 0.328. The summed E-state index contributed by atoms with van der Waals surface area (Å²) in [6, 6.07) is 6.85. The maximum atomic E-state index is 12.0. The van der Waals surface area contributed by atoms with E-state index in [1.807, 2.05) is 13.8 Å². The van der Waals surface area contributed by atoms with Gasteiger partial charge in [0.25, 0.3) is 5.91 Å². The average Bonchev–Trinajstić information content (AvgIpc) is 3.00. The van der Waals surface area contributed by atoms with Crippen LogP contribution in [-0.2, 0) is 0 Å². The zero-order valence-electron chi connectivity index (χ0n) is 11.4. The Kier molecular flexibility index (Phi) is 4.47. The molecule has 6 heteroatoms. The maximum absolute atomic E-state index is 12.0. The van der Waals surface area contributed by atoms with E-state index < -0.39 is 0 Å². The zero-order valence-corrected chi connectivity index (χ0v) is 11.4. The molecule has 0 saturated heterocycles. The summed E-state index contributed by atoms with van der Waals surface area (Å²) in [4.78, 5) is 16.0. The molecule has 0 spiro atoms. The van der Waals surface area contributed by atoms with Crippen LogP contribution in [0.25, 0.3) is 11.4 Å². The molecule has 1 amide bonds. The quantitative estimate of drug-likeness (QED) is 0.863. The first kappa shape index (κ1) is 14.2. The Labute approximate surface area is 116 Å². The van der Waals surface area contributed by atoms with E-state index in [4.69, 9.17) is 5.11 Å². The van der Waals surface area contributed by atoms with Crippen molar-refractivity contribution in [3.05, 3.63) is 36.2 Å². The van der Waals surface area contributed by atoms with Crippen molar-refractivity contribution >= 4 is 5.91 Å². The molecule has 0 aliphatic heterocycles. The van der Waals surface area contributed by atoms with Gasteiger partial charge in [0.2, 0.25) is 12.2 Å². The van der Waals surface area contributed by atoms with Gasteiger partial charge in [0.15, 0.2) is 0 Å². The van der Waals surface area contributed by atoms with E-state index in [0.717, 1.165) is 5.56 Å². The molecular formula is C14H17N3O3. The monoisotopic (exact) mass is 275 g/mol. The number of carbonyl (C=O) groups is 1. The number of aliphatic hydroxyl groups is 1. The van der Waals surface area contributed by atoms with Crippen molar-refractivity contribution in [1.29, 1.82) is 0 Å². The summed E-state index contributed by atoms with van der Waals surface area (Å²) in [6.07, 6.45) is 1.26. The highest BCUT2D eigenvalue weighted by Crippen LogP contribution is 2.15. The van der Waals surface area contributed by atoms with Gasteiger partial charge >= 0.3 is 0 Å². The highest BCUT2D eigenvalue weighted by atomic mass is 16.5. The Bertz CT molecular complexity index is 552. The average molecular weight is 275 g/mol. The molecule has 1 heterocycles. The van der Waals surface area contributed by atoms with E-state index in [-0.39, 0.29) is 24.5 Å². The van der Waals surface area contributed by atoms with Crippen LogP contribution in [0.1, 0.15) is 24.2 Å². The predicted molar refractivity (Wildman–Crippen MR) is 72.9 cm³/mol. The third-order valence-corrected chi connectivity index (χ3v) is 3.27. The molecule has 2 aromatic rings. The van der Waals surface area contributed by atoms with Crippen LogP contribution in [0.15, 0.2) is 35.2 Å². The summed E-state index contributed by atoms with van der Waals surface area (Å²) in [7, 11) is 0. The van der Waals surface area contributed by atoms with Crippen LogP contribution in [0.2, 0.25) is 0 Å². The minimum absolute atomic E-state index is 0.0116. The Morgan fingerprint density at radius 1 is 1.35 bits per heavy atom. The van der Waals surface area contributed by atoms with E-state index >= 15 is 0 Å². The fourth-order valence-corrected chi connectivity index (χ4v) is 1.66. The third-order valence-electron chi connectivity index (χ3n) is 3.27. The lowest BCUT2D eigenvalue weighted by Crippen LogP contribution is -2.38. The molecule has 1 aromatic heterocycles. The SMILES string of the molecule is CC(CO)C(C)NC(=O)c1ccc(-c2ncon2)cc1. The minimum Gasteiger partial charge on any atom is -0.396 e. The van der Waals surface area contributed by atoms with Crippen molar-refractivity contribution in [2.45, 2.75) is 19.9 Å². The molecule has 2 unspecified atom stereocenters. The van der Waals surface area contributed by atoms with Crippen LogP contribution in [0.5, 0.6) is 0 Å². The number of rotatable bonds is 5. The van der Waals surface area contributed by atoms with E-state index in [1.54, 1.807) is 24.3 Å². The van der Waals surface area contributed by atoms with Gasteiger partial charge in [-0.05, 0) is 25.0 Å². The second-order valence-corrected chi connectivity index (χ2v) is 4.75. The maximum Gasteiger partial charge on any atom is 0.251 e. The van der Waals surface area contributed by atoms with E-state index in [0.29, 0.717) is 11.4 Å². The molecule has 0 bridgehead atoms. The molecule has 0 aliphatic carbocycles. The highest BCUT2D eigenvalue weighted by Gasteiger charge is 2.15. The lowest BCUT2D eigenvalue weighted by atomic mass is 10.0. The summed E-state index contributed by atoms with van der Waals surface area (Å²) in [6.45, 7) is 3.79. The first-order valence-corrected chi connectivity index (χ1v) is 6.40. The van der Waals surface area contributed by atoms with Gasteiger partial charge in [-0.2, -0.15) is 4.98 Å². The molecule has 0 aliphatic rings. The molecule has 6 nitrogen and oxygen atoms in total. The number of aromatic nitrogens is 2. The second kappa shape index (κ2) is 6.29. The molecular weight excluding hydrogens is 258 g/mol. The second-order valence-electron chi connectivity index (χ2n) is 4.75. The fourth-order valence-electron chi connectivity index (χ4n) is 1.66. The summed E-state index contributed by atoms with van der Waals surface area (Å²) in [5.41, 5.74) is 1.33. The molecule has 2 atom stereocenters. The topological polar surface area (TPSA) is 88.2 Å². The van der Waals surface area contributed by atoms with Crippen molar-refractivity contribution < 1.29 is 14.4 Å². The standard InChI is InChI=1S/C14H17N3O3/c1-9(7-18)10(2)16-14(19)12-5-3-11(4-6-12)13-15-8-20-17-13/h3-6,8-10,18H,7H2,1-2H3,(H,16,19). The predicted octanol–water partition coefficient (Wildman–Crippen LogP) is 1.48. The van der Waals surface area contributed by atoms with Gasteiger partial charge in [-0.15, -0.1) is 0 Å². The third kappa shape index (κ3) is 3.21. The van der Waals surface area contributed by atoms with Crippen LogP contribution in [0.4, 0.5) is 0 Å². The zero-order chi connectivity index (χ0) is 14.5. The fraction of sp³-hybridized carbons (Fsp3) is 0.357. The molecule has 20 heavy (non-hydrogen) atoms. The molecule has 106 valence electrons. The van der Waals surface area contributed by atoms with Gasteiger partial charge in [-0.25, -0.2) is 0 Å². The Morgan fingerprint density at radius 2 is 2.05 bits per heavy atom. The number of benzene rings is 1. The van der Waals surface area contributed by atoms with E-state index in [9.17, 15) is 4.79 Å². The van der Waals surface area contributed by atoms with Crippen molar-refractivity contribution in [3.63, 3.8) is 0 Å². The van der Waals surface area contributed by atoms with Crippen LogP contribution in [0.3, 0.4) is 0 Å². The Morgan fingerprint density at radius 3 is 2.60 bits per heavy atom. The number of amides is 1. The van der Waals surface area contributed by atoms with Crippen molar-refractivity contribution in [1.82, 2.24) is 15.5 Å². The molecule has 1 aromatic carbocycles. The molecule has 2 N–H and O–H groups in total. The first-order chi connectivity index (χ1) is 9.61. The Hall–Kier alpha value is -2.21. The summed E-state index contributed by atoms with van der Waals surface area (Å²) in [5, 5.41) is 15.6. The lowest BCUT2D eigenvalue weighted by Gasteiger charge is -2.19. The lowest BCUT2D eigenvalue weighted by molar-refractivity contribution is 0.0916. The van der Waals surface area contributed by atoms with E-state index in [2.05, 4.69) is 20.0 Å². The van der Waals surface area contributed by atoms with Gasteiger partial charge in [0.05, 0.1) is 0 Å². The van der Waals surface area contributed by atoms with Gasteiger partial charge < -0.3 is 14.9 Å². The Balaban J connectivity index is 2.04. The van der Waals surface area contributed by atoms with E-state index in [1.165, 1.54) is 6.39 Å². The number of nitrogens with zero attached hydrogens (tertiary/aromatic N) is 2. The van der Waals surface area contributed by atoms with Gasteiger partial charge in [-0.1, -0.05) is 24.2 Å². The van der Waals surface area contributed by atoms with Crippen LogP contribution >= 0.6 is 0 Å². The van der Waals surface area contributed by atoms with Crippen LogP contribution in [-0.4, -0.2) is 33.8 Å². The molecule has 0 radical (unpaired) electrons. The van der Waals surface area contributed by atoms with Gasteiger partial charge in [-0.3, -0.25) is 4.79 Å². The molecule has 2 rings (SSSR count). The largest absolute Gasteiger partial charge is 0.396 e. The van der Waals surface area contributed by atoms with Gasteiger partial charge in [0.1, 0.15) is 0 Å². The van der Waals surface area contributed by atoms with Crippen molar-refractivity contribution in [2.24, 2.45) is 5.92 Å².